The number of amides is 1. The molecule has 0 bridgehead atoms. The van der Waals surface area contributed by atoms with Crippen molar-refractivity contribution in [2.24, 2.45) is 5.92 Å². The van der Waals surface area contributed by atoms with Crippen LogP contribution in [0.2, 0.25) is 0 Å². The third-order valence-electron chi connectivity index (χ3n) is 6.50. The van der Waals surface area contributed by atoms with Crippen LogP contribution >= 0.6 is 0 Å². The Morgan fingerprint density at radius 3 is 2.52 bits per heavy atom. The Morgan fingerprint density at radius 1 is 1.09 bits per heavy atom. The van der Waals surface area contributed by atoms with Crippen LogP contribution in [0.5, 0.6) is 0 Å². The number of hydrogen-bond acceptors (Lipinski definition) is 5. The van der Waals surface area contributed by atoms with Crippen LogP contribution in [-0.2, 0) is 13.0 Å². The highest BCUT2D eigenvalue weighted by molar-refractivity contribution is 6.06. The number of carbonyl (C=O) groups is 1. The second kappa shape index (κ2) is 10.8. The highest BCUT2D eigenvalue weighted by Gasteiger charge is 2.25. The summed E-state index contributed by atoms with van der Waals surface area (Å²) >= 11 is 0. The van der Waals surface area contributed by atoms with Crippen molar-refractivity contribution in [2.75, 3.05) is 6.54 Å². The first-order valence-corrected chi connectivity index (χ1v) is 12.2. The molecule has 6 nitrogen and oxygen atoms in total. The van der Waals surface area contributed by atoms with E-state index in [0.29, 0.717) is 11.8 Å². The van der Waals surface area contributed by atoms with Crippen LogP contribution in [0, 0.1) is 5.92 Å². The van der Waals surface area contributed by atoms with Gasteiger partial charge in [0, 0.05) is 54.0 Å². The molecular weight excluding hydrogens is 410 g/mol. The molecule has 0 saturated heterocycles. The van der Waals surface area contributed by atoms with Gasteiger partial charge in [0.2, 0.25) is 0 Å². The number of aromatic nitrogens is 3. The first-order valence-electron chi connectivity index (χ1n) is 12.2. The molecule has 174 valence electrons. The lowest BCUT2D eigenvalue weighted by Crippen LogP contribution is -2.30. The van der Waals surface area contributed by atoms with Gasteiger partial charge >= 0.3 is 0 Å². The Morgan fingerprint density at radius 2 is 1.82 bits per heavy atom. The quantitative estimate of drug-likeness (QED) is 0.521. The summed E-state index contributed by atoms with van der Waals surface area (Å²) in [5.74, 6) is 1.95. The van der Waals surface area contributed by atoms with E-state index in [1.165, 1.54) is 12.8 Å². The van der Waals surface area contributed by atoms with Crippen LogP contribution in [0.4, 0.5) is 0 Å². The zero-order valence-corrected chi connectivity index (χ0v) is 20.0. The van der Waals surface area contributed by atoms with E-state index in [4.69, 9.17) is 4.98 Å². The Balaban J connectivity index is 1.36. The second-order valence-corrected chi connectivity index (χ2v) is 9.45. The lowest BCUT2D eigenvalue weighted by molar-refractivity contribution is 0.0944. The van der Waals surface area contributed by atoms with Gasteiger partial charge in [-0.15, -0.1) is 0 Å². The van der Waals surface area contributed by atoms with Crippen molar-refractivity contribution in [1.29, 1.82) is 0 Å². The Kier molecular flexibility index (Phi) is 7.65. The zero-order valence-electron chi connectivity index (χ0n) is 20.0. The summed E-state index contributed by atoms with van der Waals surface area (Å²) in [4.78, 5) is 26.6. The zero-order chi connectivity index (χ0) is 23.2. The van der Waals surface area contributed by atoms with Crippen molar-refractivity contribution in [3.8, 4) is 0 Å². The predicted molar refractivity (Wildman–Crippen MR) is 132 cm³/mol. The fourth-order valence-corrected chi connectivity index (χ4v) is 4.67. The molecule has 33 heavy (non-hydrogen) atoms. The van der Waals surface area contributed by atoms with E-state index in [2.05, 4.69) is 27.5 Å². The number of nitrogens with zero attached hydrogens (tertiary/aromatic N) is 3. The molecule has 2 N–H and O–H groups in total. The van der Waals surface area contributed by atoms with Gasteiger partial charge in [-0.05, 0) is 64.1 Å². The number of benzene rings is 1. The maximum atomic E-state index is 12.9. The lowest BCUT2D eigenvalue weighted by Gasteiger charge is -2.29. The molecule has 4 rings (SSSR count). The molecule has 0 unspecified atom stereocenters. The van der Waals surface area contributed by atoms with Crippen LogP contribution < -0.4 is 10.6 Å². The van der Waals surface area contributed by atoms with Crippen molar-refractivity contribution in [1.82, 2.24) is 25.6 Å². The molecule has 2 aromatic heterocycles. The molecule has 3 aromatic rings. The van der Waals surface area contributed by atoms with Gasteiger partial charge in [0.15, 0.2) is 0 Å². The summed E-state index contributed by atoms with van der Waals surface area (Å²) < 4.78 is 0. The predicted octanol–water partition coefficient (Wildman–Crippen LogP) is 4.79. The average Bonchev–Trinajstić information content (AvgIpc) is 2.84. The van der Waals surface area contributed by atoms with E-state index in [1.54, 1.807) is 0 Å². The van der Waals surface area contributed by atoms with Crippen molar-refractivity contribution < 1.29 is 4.79 Å². The highest BCUT2D eigenvalue weighted by Crippen LogP contribution is 2.36. The summed E-state index contributed by atoms with van der Waals surface area (Å²) in [7, 11) is 0. The molecule has 6 heteroatoms. The normalized spacial score (nSPS) is 18.5. The van der Waals surface area contributed by atoms with Gasteiger partial charge in [-0.3, -0.25) is 9.78 Å². The first kappa shape index (κ1) is 23.3. The number of para-hydroxylation sites is 1. The van der Waals surface area contributed by atoms with Crippen LogP contribution in [0.3, 0.4) is 0 Å². The van der Waals surface area contributed by atoms with Gasteiger partial charge < -0.3 is 10.6 Å². The van der Waals surface area contributed by atoms with Gasteiger partial charge in [-0.1, -0.05) is 25.1 Å². The smallest absolute Gasteiger partial charge is 0.252 e. The number of hydrogen-bond donors (Lipinski definition) is 2. The van der Waals surface area contributed by atoms with Crippen LogP contribution in [0.25, 0.3) is 10.9 Å². The largest absolute Gasteiger partial charge is 0.350 e. The minimum atomic E-state index is -0.0151. The Bertz CT molecular complexity index is 1070. The topological polar surface area (TPSA) is 79.8 Å². The number of carbonyl (C=O) groups excluding carboxylic acids is 1. The van der Waals surface area contributed by atoms with Crippen molar-refractivity contribution in [3.05, 3.63) is 65.4 Å². The maximum Gasteiger partial charge on any atom is 0.252 e. The fourth-order valence-electron chi connectivity index (χ4n) is 4.67. The van der Waals surface area contributed by atoms with Crippen LogP contribution in [0.1, 0.15) is 79.8 Å². The monoisotopic (exact) mass is 445 g/mol. The SMILES string of the molecule is CCc1ncc(CNCC2CCC(c3cc(C(=O)NC(C)C)c4ccccc4n3)CC2)cn1. The molecule has 0 spiro atoms. The number of nitrogens with one attached hydrogen (secondary N) is 2. The second-order valence-electron chi connectivity index (χ2n) is 9.45. The number of aryl methyl sites for hydroxylation is 1. The van der Waals surface area contributed by atoms with E-state index in [-0.39, 0.29) is 11.9 Å². The standard InChI is InChI=1S/C27H35N5O/c1-4-26-29-16-20(17-30-26)15-28-14-19-9-11-21(12-10-19)25-13-23(27(33)31-18(2)3)22-7-5-6-8-24(22)32-25/h5-8,13,16-19,21,28H,4,9-12,14-15H2,1-3H3,(H,31,33). The van der Waals surface area contributed by atoms with Crippen LogP contribution in [0.15, 0.2) is 42.7 Å². The molecule has 1 aliphatic rings. The van der Waals surface area contributed by atoms with Gasteiger partial charge in [-0.2, -0.15) is 0 Å². The van der Waals surface area contributed by atoms with Crippen molar-refractivity contribution >= 4 is 16.8 Å². The highest BCUT2D eigenvalue weighted by atomic mass is 16.1. The molecule has 1 amide bonds. The molecule has 1 aliphatic carbocycles. The van der Waals surface area contributed by atoms with Gasteiger partial charge in [0.1, 0.15) is 5.82 Å². The molecule has 0 aliphatic heterocycles. The van der Waals surface area contributed by atoms with E-state index in [1.807, 2.05) is 56.6 Å². The van der Waals surface area contributed by atoms with Gasteiger partial charge in [-0.25, -0.2) is 9.97 Å². The molecule has 1 saturated carbocycles. The van der Waals surface area contributed by atoms with E-state index in [9.17, 15) is 4.79 Å². The molecule has 1 aromatic carbocycles. The summed E-state index contributed by atoms with van der Waals surface area (Å²) in [6.07, 6.45) is 9.28. The van der Waals surface area contributed by atoms with Crippen molar-refractivity contribution in [3.63, 3.8) is 0 Å². The Hall–Kier alpha value is -2.86. The third kappa shape index (κ3) is 5.93. The molecule has 2 heterocycles. The summed E-state index contributed by atoms with van der Waals surface area (Å²) in [5, 5.41) is 7.55. The first-order chi connectivity index (χ1) is 16.0. The van der Waals surface area contributed by atoms with E-state index in [0.717, 1.165) is 65.9 Å². The molecule has 1 fully saturated rings. The van der Waals surface area contributed by atoms with Gasteiger partial charge in [0.25, 0.3) is 5.91 Å². The Labute approximate surface area is 196 Å². The number of pyridine rings is 1. The fraction of sp³-hybridized carbons (Fsp3) is 0.481. The lowest BCUT2D eigenvalue weighted by atomic mass is 9.80. The number of rotatable bonds is 8. The minimum absolute atomic E-state index is 0.0151. The van der Waals surface area contributed by atoms with E-state index >= 15 is 0 Å². The number of fused-ring (bicyclic) bond motifs is 1. The minimum Gasteiger partial charge on any atom is -0.350 e. The molecular formula is C27H35N5O. The maximum absolute atomic E-state index is 12.9. The third-order valence-corrected chi connectivity index (χ3v) is 6.50. The van der Waals surface area contributed by atoms with E-state index < -0.39 is 0 Å². The molecule has 0 atom stereocenters. The average molecular weight is 446 g/mol. The summed E-state index contributed by atoms with van der Waals surface area (Å²) in [6, 6.07) is 10.1. The summed E-state index contributed by atoms with van der Waals surface area (Å²) in [5.41, 5.74) is 3.84. The van der Waals surface area contributed by atoms with Crippen molar-refractivity contribution in [2.45, 2.75) is 71.4 Å². The van der Waals surface area contributed by atoms with Crippen LogP contribution in [-0.4, -0.2) is 33.4 Å². The van der Waals surface area contributed by atoms with Gasteiger partial charge in [0.05, 0.1) is 11.1 Å². The molecule has 0 radical (unpaired) electrons. The summed E-state index contributed by atoms with van der Waals surface area (Å²) in [6.45, 7) is 7.87.